The van der Waals surface area contributed by atoms with Crippen molar-refractivity contribution in [2.45, 2.75) is 25.7 Å². The summed E-state index contributed by atoms with van der Waals surface area (Å²) >= 11 is 3.46. The highest BCUT2D eigenvalue weighted by molar-refractivity contribution is 9.10. The fourth-order valence-corrected chi connectivity index (χ4v) is 3.07. The molecule has 3 rings (SSSR count). The topological polar surface area (TPSA) is 20.3 Å². The van der Waals surface area contributed by atoms with Crippen LogP contribution in [0.1, 0.15) is 35.2 Å². The molecule has 90 valence electrons. The summed E-state index contributed by atoms with van der Waals surface area (Å²) in [5.74, 6) is 0.988. The van der Waals surface area contributed by atoms with Crippen LogP contribution in [0, 0.1) is 5.92 Å². The molecule has 0 aromatic heterocycles. The molecular weight excluding hydrogens is 278 g/mol. The van der Waals surface area contributed by atoms with Crippen molar-refractivity contribution in [3.05, 3.63) is 33.8 Å². The first-order valence-electron chi connectivity index (χ1n) is 6.32. The normalized spacial score (nSPS) is 20.1. The Morgan fingerprint density at radius 2 is 2.18 bits per heavy atom. The number of halogens is 1. The standard InChI is InChI=1S/C14H16BrNO/c15-12-4-5-13-11(8-12)6-7-16(14(13)17)9-10-2-1-3-10/h4-5,8,10H,1-3,6-7,9H2. The summed E-state index contributed by atoms with van der Waals surface area (Å²) in [4.78, 5) is 14.4. The van der Waals surface area contributed by atoms with Gasteiger partial charge in [0.2, 0.25) is 0 Å². The summed E-state index contributed by atoms with van der Waals surface area (Å²) in [6.45, 7) is 1.85. The highest BCUT2D eigenvalue weighted by Crippen LogP contribution is 2.29. The first-order chi connectivity index (χ1) is 8.24. The van der Waals surface area contributed by atoms with Crippen LogP contribution in [0.5, 0.6) is 0 Å². The quantitative estimate of drug-likeness (QED) is 0.820. The predicted octanol–water partition coefficient (Wildman–Crippen LogP) is 3.25. The van der Waals surface area contributed by atoms with Crippen LogP contribution in [0.4, 0.5) is 0 Å². The number of carbonyl (C=O) groups is 1. The Kier molecular flexibility index (Phi) is 2.95. The molecule has 0 unspecified atom stereocenters. The average Bonchev–Trinajstić information content (AvgIpc) is 2.25. The zero-order valence-electron chi connectivity index (χ0n) is 9.79. The molecular formula is C14H16BrNO. The molecule has 0 bridgehead atoms. The van der Waals surface area contributed by atoms with E-state index in [1.807, 2.05) is 17.0 Å². The van der Waals surface area contributed by atoms with E-state index in [9.17, 15) is 4.79 Å². The second-order valence-electron chi connectivity index (χ2n) is 5.10. The van der Waals surface area contributed by atoms with Crippen molar-refractivity contribution in [2.24, 2.45) is 5.92 Å². The van der Waals surface area contributed by atoms with Crippen LogP contribution in [0.25, 0.3) is 0 Å². The Labute approximate surface area is 110 Å². The minimum absolute atomic E-state index is 0.227. The number of carbonyl (C=O) groups excluding carboxylic acids is 1. The van der Waals surface area contributed by atoms with Gasteiger partial charge in [-0.15, -0.1) is 0 Å². The molecule has 1 aliphatic carbocycles. The maximum atomic E-state index is 12.3. The largest absolute Gasteiger partial charge is 0.338 e. The van der Waals surface area contributed by atoms with E-state index in [4.69, 9.17) is 0 Å². The molecule has 3 heteroatoms. The zero-order chi connectivity index (χ0) is 11.8. The number of hydrogen-bond donors (Lipinski definition) is 0. The summed E-state index contributed by atoms with van der Waals surface area (Å²) in [5.41, 5.74) is 2.09. The minimum Gasteiger partial charge on any atom is -0.338 e. The lowest BCUT2D eigenvalue weighted by molar-refractivity contribution is 0.0678. The van der Waals surface area contributed by atoms with Crippen LogP contribution in [-0.4, -0.2) is 23.9 Å². The van der Waals surface area contributed by atoms with Gasteiger partial charge in [0.15, 0.2) is 0 Å². The molecule has 1 amide bonds. The monoisotopic (exact) mass is 293 g/mol. The molecule has 0 spiro atoms. The number of hydrogen-bond acceptors (Lipinski definition) is 1. The van der Waals surface area contributed by atoms with Gasteiger partial charge in [0.1, 0.15) is 0 Å². The van der Waals surface area contributed by atoms with Crippen LogP contribution >= 0.6 is 15.9 Å². The van der Waals surface area contributed by atoms with Crippen LogP contribution in [-0.2, 0) is 6.42 Å². The first-order valence-corrected chi connectivity index (χ1v) is 7.11. The van der Waals surface area contributed by atoms with Crippen molar-refractivity contribution in [1.29, 1.82) is 0 Å². The van der Waals surface area contributed by atoms with Crippen molar-refractivity contribution >= 4 is 21.8 Å². The Balaban J connectivity index is 1.79. The summed E-state index contributed by atoms with van der Waals surface area (Å²) in [6.07, 6.45) is 4.94. The molecule has 1 saturated carbocycles. The smallest absolute Gasteiger partial charge is 0.254 e. The Bertz CT molecular complexity index is 454. The van der Waals surface area contributed by atoms with Gasteiger partial charge in [0.25, 0.3) is 5.91 Å². The Morgan fingerprint density at radius 1 is 1.35 bits per heavy atom. The van der Waals surface area contributed by atoms with E-state index in [1.165, 1.54) is 24.8 Å². The van der Waals surface area contributed by atoms with Gasteiger partial charge in [0.05, 0.1) is 0 Å². The van der Waals surface area contributed by atoms with Crippen LogP contribution < -0.4 is 0 Å². The number of benzene rings is 1. The number of rotatable bonds is 2. The third kappa shape index (κ3) is 2.13. The summed E-state index contributed by atoms with van der Waals surface area (Å²) in [5, 5.41) is 0. The van der Waals surface area contributed by atoms with E-state index in [0.29, 0.717) is 0 Å². The van der Waals surface area contributed by atoms with Crippen molar-refractivity contribution in [3.8, 4) is 0 Å². The molecule has 0 N–H and O–H groups in total. The van der Waals surface area contributed by atoms with E-state index in [0.717, 1.165) is 35.5 Å². The SMILES string of the molecule is O=C1c2ccc(Br)cc2CCN1CC1CCC1. The number of nitrogens with zero attached hydrogens (tertiary/aromatic N) is 1. The first kappa shape index (κ1) is 11.3. The molecule has 2 nitrogen and oxygen atoms in total. The molecule has 1 aliphatic heterocycles. The number of amides is 1. The minimum atomic E-state index is 0.227. The van der Waals surface area contributed by atoms with Gasteiger partial charge in [-0.05, 0) is 48.9 Å². The summed E-state index contributed by atoms with van der Waals surface area (Å²) in [6, 6.07) is 5.99. The molecule has 17 heavy (non-hydrogen) atoms. The fourth-order valence-electron chi connectivity index (χ4n) is 2.67. The Morgan fingerprint density at radius 3 is 2.88 bits per heavy atom. The lowest BCUT2D eigenvalue weighted by atomic mass is 9.84. The highest BCUT2D eigenvalue weighted by Gasteiger charge is 2.28. The van der Waals surface area contributed by atoms with Crippen molar-refractivity contribution in [3.63, 3.8) is 0 Å². The molecule has 0 atom stereocenters. The molecule has 1 fully saturated rings. The van der Waals surface area contributed by atoms with E-state index in [1.54, 1.807) is 0 Å². The van der Waals surface area contributed by atoms with E-state index >= 15 is 0 Å². The third-order valence-corrected chi connectivity index (χ3v) is 4.43. The van der Waals surface area contributed by atoms with Gasteiger partial charge in [-0.1, -0.05) is 22.4 Å². The van der Waals surface area contributed by atoms with Gasteiger partial charge < -0.3 is 4.90 Å². The highest BCUT2D eigenvalue weighted by atomic mass is 79.9. The average molecular weight is 294 g/mol. The van der Waals surface area contributed by atoms with Crippen LogP contribution in [0.3, 0.4) is 0 Å². The van der Waals surface area contributed by atoms with Crippen molar-refractivity contribution in [1.82, 2.24) is 4.90 Å². The lowest BCUT2D eigenvalue weighted by Gasteiger charge is -2.35. The van der Waals surface area contributed by atoms with Gasteiger partial charge >= 0.3 is 0 Å². The molecule has 0 saturated heterocycles. The predicted molar refractivity (Wildman–Crippen MR) is 71.1 cm³/mol. The van der Waals surface area contributed by atoms with Gasteiger partial charge in [-0.25, -0.2) is 0 Å². The number of fused-ring (bicyclic) bond motifs is 1. The maximum absolute atomic E-state index is 12.3. The van der Waals surface area contributed by atoms with E-state index in [2.05, 4.69) is 22.0 Å². The second kappa shape index (κ2) is 4.45. The van der Waals surface area contributed by atoms with E-state index < -0.39 is 0 Å². The van der Waals surface area contributed by atoms with Gasteiger partial charge in [-0.3, -0.25) is 4.79 Å². The van der Waals surface area contributed by atoms with Gasteiger partial charge in [-0.2, -0.15) is 0 Å². The molecule has 0 radical (unpaired) electrons. The molecule has 1 heterocycles. The van der Waals surface area contributed by atoms with E-state index in [-0.39, 0.29) is 5.91 Å². The molecule has 1 aromatic carbocycles. The van der Waals surface area contributed by atoms with Crippen LogP contribution in [0.2, 0.25) is 0 Å². The van der Waals surface area contributed by atoms with Crippen LogP contribution in [0.15, 0.2) is 22.7 Å². The molecule has 2 aliphatic rings. The lowest BCUT2D eigenvalue weighted by Crippen LogP contribution is -2.41. The summed E-state index contributed by atoms with van der Waals surface area (Å²) < 4.78 is 1.07. The zero-order valence-corrected chi connectivity index (χ0v) is 11.4. The third-order valence-electron chi connectivity index (χ3n) is 3.94. The maximum Gasteiger partial charge on any atom is 0.254 e. The van der Waals surface area contributed by atoms with Crippen molar-refractivity contribution < 1.29 is 4.79 Å². The fraction of sp³-hybridized carbons (Fsp3) is 0.500. The van der Waals surface area contributed by atoms with Gasteiger partial charge in [0, 0.05) is 23.1 Å². The Hall–Kier alpha value is -0.830. The summed E-state index contributed by atoms with van der Waals surface area (Å²) in [7, 11) is 0. The second-order valence-corrected chi connectivity index (χ2v) is 6.02. The molecule has 1 aromatic rings. The van der Waals surface area contributed by atoms with Crippen molar-refractivity contribution in [2.75, 3.05) is 13.1 Å².